The molecule has 0 aliphatic rings. The van der Waals surface area contributed by atoms with Gasteiger partial charge in [0.05, 0.1) is 36.2 Å². The molecule has 6 N–H and O–H groups in total. The molecule has 0 unspecified atom stereocenters. The molecule has 1 atom stereocenters. The Bertz CT molecular complexity index is 511. The molecule has 0 aromatic heterocycles. The lowest BCUT2D eigenvalue weighted by atomic mass is 10.2. The summed E-state index contributed by atoms with van der Waals surface area (Å²) in [7, 11) is 0. The van der Waals surface area contributed by atoms with Crippen molar-refractivity contribution in [1.29, 1.82) is 0 Å². The number of halogens is 2. The summed E-state index contributed by atoms with van der Waals surface area (Å²) in [5.74, 6) is -1.71. The lowest BCUT2D eigenvalue weighted by Gasteiger charge is -2.16. The van der Waals surface area contributed by atoms with Crippen LogP contribution < -0.4 is 21.5 Å². The van der Waals surface area contributed by atoms with Crippen molar-refractivity contribution in [3.8, 4) is 0 Å². The van der Waals surface area contributed by atoms with Gasteiger partial charge in [0.2, 0.25) is 5.91 Å². The van der Waals surface area contributed by atoms with Crippen molar-refractivity contribution in [1.82, 2.24) is 0 Å². The highest BCUT2D eigenvalue weighted by Crippen LogP contribution is 2.25. The van der Waals surface area contributed by atoms with Crippen molar-refractivity contribution in [2.75, 3.05) is 18.4 Å². The van der Waals surface area contributed by atoms with Crippen LogP contribution in [0.2, 0.25) is 10.0 Å². The summed E-state index contributed by atoms with van der Waals surface area (Å²) in [6.07, 6.45) is 0.576. The fourth-order valence-electron chi connectivity index (χ4n) is 1.72. The number of amides is 1. The number of quaternary nitrogens is 2. The van der Waals surface area contributed by atoms with Crippen molar-refractivity contribution in [3.63, 3.8) is 0 Å². The van der Waals surface area contributed by atoms with Gasteiger partial charge in [-0.05, 0) is 18.2 Å². The van der Waals surface area contributed by atoms with Crippen molar-refractivity contribution in [3.05, 3.63) is 28.2 Å². The molecule has 0 heterocycles. The molecule has 116 valence electrons. The van der Waals surface area contributed by atoms with Crippen LogP contribution >= 0.6 is 23.2 Å². The molecule has 1 amide bonds. The second kappa shape index (κ2) is 8.84. The van der Waals surface area contributed by atoms with E-state index in [1.807, 2.05) is 0 Å². The van der Waals surface area contributed by atoms with Crippen LogP contribution in [0.3, 0.4) is 0 Å². The molecule has 8 heteroatoms. The van der Waals surface area contributed by atoms with E-state index < -0.39 is 17.9 Å². The molecule has 0 bridgehead atoms. The average Bonchev–Trinajstić information content (AvgIpc) is 2.41. The van der Waals surface area contributed by atoms with Gasteiger partial charge in [0.25, 0.3) is 0 Å². The second-order valence-corrected chi connectivity index (χ2v) is 5.38. The van der Waals surface area contributed by atoms with Crippen LogP contribution in [0, 0.1) is 0 Å². The van der Waals surface area contributed by atoms with E-state index in [2.05, 4.69) is 11.1 Å². The molecular weight excluding hydrogens is 317 g/mol. The molecule has 1 aromatic rings. The Morgan fingerprint density at radius 1 is 1.38 bits per heavy atom. The van der Waals surface area contributed by atoms with E-state index in [1.165, 1.54) is 6.07 Å². The van der Waals surface area contributed by atoms with Crippen molar-refractivity contribution in [2.24, 2.45) is 0 Å². The highest BCUT2D eigenvalue weighted by atomic mass is 35.5. The number of hydrogen-bond donors (Lipinski definition) is 3. The Kier molecular flexibility index (Phi) is 7.45. The number of nitrogens with two attached hydrogens (primary N) is 1. The molecule has 0 spiro atoms. The summed E-state index contributed by atoms with van der Waals surface area (Å²) in [6, 6.07) is 3.71. The zero-order chi connectivity index (χ0) is 15.8. The quantitative estimate of drug-likeness (QED) is 0.510. The number of carbonyl (C=O) groups is 2. The SMILES string of the molecule is [NH3+]CCC[NH2+][C@H](CC(=O)Nc1ccc(Cl)cc1Cl)C(=O)[O-]. The first-order chi connectivity index (χ1) is 9.93. The van der Waals surface area contributed by atoms with E-state index in [9.17, 15) is 14.7 Å². The molecule has 21 heavy (non-hydrogen) atoms. The van der Waals surface area contributed by atoms with Gasteiger partial charge in [0, 0.05) is 11.4 Å². The summed E-state index contributed by atoms with van der Waals surface area (Å²) in [5, 5.41) is 15.9. The summed E-state index contributed by atoms with van der Waals surface area (Å²) in [4.78, 5) is 22.9. The first-order valence-corrected chi connectivity index (χ1v) is 7.28. The number of rotatable bonds is 8. The smallest absolute Gasteiger partial charge is 0.230 e. The van der Waals surface area contributed by atoms with Crippen molar-refractivity contribution >= 4 is 40.8 Å². The Morgan fingerprint density at radius 3 is 2.67 bits per heavy atom. The van der Waals surface area contributed by atoms with Gasteiger partial charge in [0.15, 0.2) is 0 Å². The molecule has 0 radical (unpaired) electrons. The summed E-state index contributed by atoms with van der Waals surface area (Å²) in [6.45, 7) is 1.29. The lowest BCUT2D eigenvalue weighted by molar-refractivity contribution is -0.684. The number of aliphatic carboxylic acids is 1. The standard InChI is InChI=1S/C13H17Cl2N3O3/c14-8-2-3-10(9(15)6-8)18-12(19)7-11(13(20)21)17-5-1-4-16/h2-3,6,11,17H,1,4-5,7,16H2,(H,18,19)(H,20,21)/p+1/t11-/m1/s1. The van der Waals surface area contributed by atoms with E-state index in [-0.39, 0.29) is 6.42 Å². The van der Waals surface area contributed by atoms with Gasteiger partial charge in [-0.25, -0.2) is 0 Å². The van der Waals surface area contributed by atoms with Gasteiger partial charge < -0.3 is 26.3 Å². The maximum absolute atomic E-state index is 11.9. The van der Waals surface area contributed by atoms with Crippen molar-refractivity contribution < 1.29 is 25.7 Å². The predicted molar refractivity (Wildman–Crippen MR) is 77.7 cm³/mol. The van der Waals surface area contributed by atoms with Crippen LogP contribution in [0.1, 0.15) is 12.8 Å². The highest BCUT2D eigenvalue weighted by Gasteiger charge is 2.18. The third-order valence-electron chi connectivity index (χ3n) is 2.82. The van der Waals surface area contributed by atoms with E-state index in [0.717, 1.165) is 6.42 Å². The Morgan fingerprint density at radius 2 is 2.10 bits per heavy atom. The van der Waals surface area contributed by atoms with Gasteiger partial charge >= 0.3 is 0 Å². The fraction of sp³-hybridized carbons (Fsp3) is 0.385. The summed E-state index contributed by atoms with van der Waals surface area (Å²) >= 11 is 11.7. The number of benzene rings is 1. The van der Waals surface area contributed by atoms with E-state index in [0.29, 0.717) is 28.8 Å². The minimum atomic E-state index is -1.27. The minimum absolute atomic E-state index is 0.196. The zero-order valence-corrected chi connectivity index (χ0v) is 12.9. The topological polar surface area (TPSA) is 113 Å². The largest absolute Gasteiger partial charge is 0.544 e. The number of carboxylic acid groups (broad SMARTS) is 1. The molecule has 0 aliphatic heterocycles. The Hall–Kier alpha value is -1.34. The molecule has 0 saturated carbocycles. The van der Waals surface area contributed by atoms with Crippen LogP contribution in [0.15, 0.2) is 18.2 Å². The van der Waals surface area contributed by atoms with Crippen molar-refractivity contribution in [2.45, 2.75) is 18.9 Å². The van der Waals surface area contributed by atoms with Gasteiger partial charge in [0.1, 0.15) is 6.04 Å². The number of anilines is 1. The van der Waals surface area contributed by atoms with Crippen LogP contribution in [0.25, 0.3) is 0 Å². The second-order valence-electron chi connectivity index (χ2n) is 4.53. The maximum Gasteiger partial charge on any atom is 0.230 e. The molecule has 0 fully saturated rings. The fourth-order valence-corrected chi connectivity index (χ4v) is 2.17. The molecule has 0 saturated heterocycles. The molecule has 0 aliphatic carbocycles. The van der Waals surface area contributed by atoms with Crippen LogP contribution in [0.5, 0.6) is 0 Å². The van der Waals surface area contributed by atoms with E-state index >= 15 is 0 Å². The number of nitrogens with one attached hydrogen (secondary N) is 1. The number of carboxylic acids is 1. The van der Waals surface area contributed by atoms with Crippen LogP contribution in [0.4, 0.5) is 5.69 Å². The van der Waals surface area contributed by atoms with E-state index in [4.69, 9.17) is 23.2 Å². The maximum atomic E-state index is 11.9. The van der Waals surface area contributed by atoms with Gasteiger partial charge in [-0.2, -0.15) is 0 Å². The minimum Gasteiger partial charge on any atom is -0.544 e. The van der Waals surface area contributed by atoms with Gasteiger partial charge in [-0.1, -0.05) is 23.2 Å². The van der Waals surface area contributed by atoms with Crippen LogP contribution in [-0.4, -0.2) is 31.0 Å². The molecular formula is C13H18Cl2N3O3+. The molecule has 1 rings (SSSR count). The first kappa shape index (κ1) is 17.7. The lowest BCUT2D eigenvalue weighted by Crippen LogP contribution is -2.93. The normalized spacial score (nSPS) is 12.0. The Labute approximate surface area is 132 Å². The summed E-state index contributed by atoms with van der Waals surface area (Å²) < 4.78 is 0. The van der Waals surface area contributed by atoms with Gasteiger partial charge in [-0.3, -0.25) is 4.79 Å². The predicted octanol–water partition coefficient (Wildman–Crippen LogP) is -1.36. The van der Waals surface area contributed by atoms with Gasteiger partial charge in [-0.15, -0.1) is 0 Å². The monoisotopic (exact) mass is 334 g/mol. The third-order valence-corrected chi connectivity index (χ3v) is 3.37. The Balaban J connectivity index is 2.59. The summed E-state index contributed by atoms with van der Waals surface area (Å²) in [5.41, 5.74) is 4.06. The molecule has 1 aromatic carbocycles. The zero-order valence-electron chi connectivity index (χ0n) is 11.4. The third kappa shape index (κ3) is 6.31. The van der Waals surface area contributed by atoms with E-state index in [1.54, 1.807) is 17.4 Å². The first-order valence-electron chi connectivity index (χ1n) is 6.52. The highest BCUT2D eigenvalue weighted by molar-refractivity contribution is 6.36. The average molecular weight is 335 g/mol. The molecule has 6 nitrogen and oxygen atoms in total. The number of carbonyl (C=O) groups excluding carboxylic acids is 2. The number of hydrogen-bond acceptors (Lipinski definition) is 3. The van der Waals surface area contributed by atoms with Crippen LogP contribution in [-0.2, 0) is 9.59 Å².